The van der Waals surface area contributed by atoms with E-state index in [1.54, 1.807) is 0 Å². The second-order valence-electron chi connectivity index (χ2n) is 7.90. The molecule has 1 atom stereocenters. The van der Waals surface area contributed by atoms with Gasteiger partial charge in [0.2, 0.25) is 0 Å². The van der Waals surface area contributed by atoms with Crippen molar-refractivity contribution in [2.24, 2.45) is 5.92 Å². The van der Waals surface area contributed by atoms with Crippen molar-refractivity contribution < 1.29 is 0 Å². The van der Waals surface area contributed by atoms with Crippen LogP contribution < -0.4 is 5.32 Å². The Kier molecular flexibility index (Phi) is 4.90. The first-order chi connectivity index (χ1) is 11.4. The van der Waals surface area contributed by atoms with Gasteiger partial charge in [-0.3, -0.25) is 9.58 Å². The summed E-state index contributed by atoms with van der Waals surface area (Å²) in [6, 6.07) is 6.12. The molecular weight excluding hydrogens is 298 g/mol. The predicted octanol–water partition coefficient (Wildman–Crippen LogP) is 3.28. The molecule has 1 N–H and O–H groups in total. The zero-order chi connectivity index (χ0) is 17.2. The van der Waals surface area contributed by atoms with Crippen LogP contribution >= 0.6 is 0 Å². The summed E-state index contributed by atoms with van der Waals surface area (Å²) < 4.78 is 2.06. The van der Waals surface area contributed by atoms with Crippen LogP contribution in [0.1, 0.15) is 38.4 Å². The molecular formula is C19H29N5. The van der Waals surface area contributed by atoms with Gasteiger partial charge in [-0.05, 0) is 58.7 Å². The number of aryl methyl sites for hydroxylation is 1. The Balaban J connectivity index is 1.48. The zero-order valence-electron chi connectivity index (χ0n) is 15.3. The number of hydrogen-bond acceptors (Lipinski definition) is 4. The summed E-state index contributed by atoms with van der Waals surface area (Å²) in [5, 5.41) is 7.98. The molecule has 0 amide bonds. The van der Waals surface area contributed by atoms with Gasteiger partial charge >= 0.3 is 0 Å². The fourth-order valence-corrected chi connectivity index (χ4v) is 3.18. The molecule has 130 valence electrons. The zero-order valence-corrected chi connectivity index (χ0v) is 15.3. The van der Waals surface area contributed by atoms with Crippen molar-refractivity contribution in [3.8, 4) is 0 Å². The molecule has 1 fully saturated rings. The van der Waals surface area contributed by atoms with Crippen LogP contribution in [0.5, 0.6) is 0 Å². The van der Waals surface area contributed by atoms with E-state index in [1.165, 1.54) is 12.0 Å². The fourth-order valence-electron chi connectivity index (χ4n) is 3.18. The fraction of sp³-hybridized carbons (Fsp3) is 0.579. The van der Waals surface area contributed by atoms with Gasteiger partial charge in [0.15, 0.2) is 0 Å². The van der Waals surface area contributed by atoms with Crippen LogP contribution in [0.3, 0.4) is 0 Å². The standard InChI is InChI=1S/C19H29N5/c1-15-6-5-7-18(22-15)20-10-16-8-9-23(12-16)13-17-11-21-24(14-17)19(2,3)4/h5-7,11,14,16H,8-10,12-13H2,1-4H3,(H,20,22)/t16-/m0/s1. The monoisotopic (exact) mass is 327 g/mol. The number of anilines is 1. The second kappa shape index (κ2) is 6.93. The topological polar surface area (TPSA) is 46.0 Å². The van der Waals surface area contributed by atoms with Crippen molar-refractivity contribution in [1.82, 2.24) is 19.7 Å². The van der Waals surface area contributed by atoms with Crippen molar-refractivity contribution in [3.05, 3.63) is 41.9 Å². The van der Waals surface area contributed by atoms with Crippen LogP contribution in [0.25, 0.3) is 0 Å². The highest BCUT2D eigenvalue weighted by molar-refractivity contribution is 5.35. The van der Waals surface area contributed by atoms with Gasteiger partial charge in [0, 0.05) is 37.1 Å². The molecule has 1 aliphatic heterocycles. The van der Waals surface area contributed by atoms with Gasteiger partial charge < -0.3 is 5.32 Å². The van der Waals surface area contributed by atoms with E-state index in [-0.39, 0.29) is 5.54 Å². The SMILES string of the molecule is Cc1cccc(NC[C@@H]2CCN(Cc3cnn(C(C)(C)C)c3)C2)n1. The first-order valence-corrected chi connectivity index (χ1v) is 8.84. The Morgan fingerprint density at radius 3 is 2.83 bits per heavy atom. The average molecular weight is 327 g/mol. The summed E-state index contributed by atoms with van der Waals surface area (Å²) in [6.07, 6.45) is 5.43. The van der Waals surface area contributed by atoms with E-state index in [9.17, 15) is 0 Å². The third-order valence-electron chi connectivity index (χ3n) is 4.56. The lowest BCUT2D eigenvalue weighted by Gasteiger charge is -2.19. The van der Waals surface area contributed by atoms with Gasteiger partial charge in [-0.2, -0.15) is 5.10 Å². The molecule has 2 aromatic rings. The van der Waals surface area contributed by atoms with E-state index in [0.717, 1.165) is 37.7 Å². The molecule has 24 heavy (non-hydrogen) atoms. The quantitative estimate of drug-likeness (QED) is 0.915. The van der Waals surface area contributed by atoms with E-state index in [2.05, 4.69) is 58.0 Å². The van der Waals surface area contributed by atoms with Gasteiger partial charge in [-0.1, -0.05) is 6.07 Å². The Hall–Kier alpha value is -1.88. The maximum absolute atomic E-state index is 4.51. The van der Waals surface area contributed by atoms with E-state index >= 15 is 0 Å². The molecule has 0 aliphatic carbocycles. The molecule has 0 saturated carbocycles. The summed E-state index contributed by atoms with van der Waals surface area (Å²) >= 11 is 0. The molecule has 2 aromatic heterocycles. The highest BCUT2D eigenvalue weighted by Gasteiger charge is 2.23. The minimum atomic E-state index is 0.0521. The third-order valence-corrected chi connectivity index (χ3v) is 4.56. The first-order valence-electron chi connectivity index (χ1n) is 8.84. The smallest absolute Gasteiger partial charge is 0.126 e. The molecule has 1 aliphatic rings. The van der Waals surface area contributed by atoms with Crippen LogP contribution in [0, 0.1) is 12.8 Å². The van der Waals surface area contributed by atoms with Crippen molar-refractivity contribution in [3.63, 3.8) is 0 Å². The van der Waals surface area contributed by atoms with E-state index < -0.39 is 0 Å². The summed E-state index contributed by atoms with van der Waals surface area (Å²) in [7, 11) is 0. The summed E-state index contributed by atoms with van der Waals surface area (Å²) in [5.41, 5.74) is 2.42. The number of rotatable bonds is 5. The van der Waals surface area contributed by atoms with E-state index in [1.807, 2.05) is 25.3 Å². The van der Waals surface area contributed by atoms with E-state index in [4.69, 9.17) is 0 Å². The van der Waals surface area contributed by atoms with Crippen molar-refractivity contribution in [2.45, 2.75) is 46.2 Å². The Morgan fingerprint density at radius 2 is 2.12 bits per heavy atom. The highest BCUT2D eigenvalue weighted by Crippen LogP contribution is 2.20. The van der Waals surface area contributed by atoms with Crippen LogP contribution in [0.4, 0.5) is 5.82 Å². The van der Waals surface area contributed by atoms with Crippen molar-refractivity contribution in [1.29, 1.82) is 0 Å². The Labute approximate surface area is 145 Å². The normalized spacial score (nSPS) is 18.9. The molecule has 5 nitrogen and oxygen atoms in total. The lowest BCUT2D eigenvalue weighted by atomic mass is 10.1. The highest BCUT2D eigenvalue weighted by atomic mass is 15.3. The minimum Gasteiger partial charge on any atom is -0.370 e. The molecule has 3 rings (SSSR count). The lowest BCUT2D eigenvalue weighted by molar-refractivity contribution is 0.317. The molecule has 0 radical (unpaired) electrons. The Bertz CT molecular complexity index is 670. The molecule has 3 heterocycles. The third kappa shape index (κ3) is 4.35. The van der Waals surface area contributed by atoms with Crippen molar-refractivity contribution in [2.75, 3.05) is 25.0 Å². The number of hydrogen-bond donors (Lipinski definition) is 1. The van der Waals surface area contributed by atoms with Crippen LogP contribution in [0.15, 0.2) is 30.6 Å². The molecule has 0 bridgehead atoms. The molecule has 0 spiro atoms. The summed E-state index contributed by atoms with van der Waals surface area (Å²) in [5.74, 6) is 1.67. The minimum absolute atomic E-state index is 0.0521. The largest absolute Gasteiger partial charge is 0.370 e. The van der Waals surface area contributed by atoms with Gasteiger partial charge in [-0.25, -0.2) is 4.98 Å². The number of nitrogens with one attached hydrogen (secondary N) is 1. The average Bonchev–Trinajstić information content (AvgIpc) is 3.15. The maximum atomic E-state index is 4.51. The predicted molar refractivity (Wildman–Crippen MR) is 98.1 cm³/mol. The van der Waals surface area contributed by atoms with Gasteiger partial charge in [0.25, 0.3) is 0 Å². The molecule has 0 aromatic carbocycles. The number of nitrogens with zero attached hydrogens (tertiary/aromatic N) is 4. The summed E-state index contributed by atoms with van der Waals surface area (Å²) in [4.78, 5) is 7.04. The van der Waals surface area contributed by atoms with Gasteiger partial charge in [0.1, 0.15) is 5.82 Å². The Morgan fingerprint density at radius 1 is 1.29 bits per heavy atom. The number of likely N-dealkylation sites (tertiary alicyclic amines) is 1. The summed E-state index contributed by atoms with van der Waals surface area (Å²) in [6.45, 7) is 12.9. The lowest BCUT2D eigenvalue weighted by Crippen LogP contribution is -2.23. The molecule has 5 heteroatoms. The molecule has 1 saturated heterocycles. The number of aromatic nitrogens is 3. The molecule has 0 unspecified atom stereocenters. The second-order valence-corrected chi connectivity index (χ2v) is 7.90. The maximum Gasteiger partial charge on any atom is 0.126 e. The van der Waals surface area contributed by atoms with Crippen LogP contribution in [-0.4, -0.2) is 39.3 Å². The van der Waals surface area contributed by atoms with Crippen molar-refractivity contribution >= 4 is 5.82 Å². The van der Waals surface area contributed by atoms with Gasteiger partial charge in [0.05, 0.1) is 11.7 Å². The van der Waals surface area contributed by atoms with Crippen LogP contribution in [0.2, 0.25) is 0 Å². The van der Waals surface area contributed by atoms with E-state index in [0.29, 0.717) is 5.92 Å². The van der Waals surface area contributed by atoms with Gasteiger partial charge in [-0.15, -0.1) is 0 Å². The van der Waals surface area contributed by atoms with Crippen LogP contribution in [-0.2, 0) is 12.1 Å². The first kappa shape index (κ1) is 17.0. The number of pyridine rings is 1.